The Morgan fingerprint density at radius 1 is 1.36 bits per heavy atom. The minimum Gasteiger partial charge on any atom is -0.356 e. The normalized spacial score (nSPS) is 12.6. The smallest absolute Gasteiger partial charge is 0.170 e. The SMILES string of the molecule is BrCc1noc2c1Cc1ccccc1-2. The Bertz CT molecular complexity index is 490. The average molecular weight is 250 g/mol. The largest absolute Gasteiger partial charge is 0.356 e. The summed E-state index contributed by atoms with van der Waals surface area (Å²) in [7, 11) is 0. The molecule has 0 bridgehead atoms. The number of hydrogen-bond acceptors (Lipinski definition) is 2. The van der Waals surface area contributed by atoms with Crippen molar-refractivity contribution in [3.63, 3.8) is 0 Å². The first-order valence-corrected chi connectivity index (χ1v) is 5.64. The van der Waals surface area contributed by atoms with Crippen LogP contribution in [0.2, 0.25) is 0 Å². The first-order chi connectivity index (χ1) is 6.90. The third-order valence-corrected chi connectivity index (χ3v) is 3.16. The molecule has 1 aliphatic rings. The Morgan fingerprint density at radius 3 is 3.07 bits per heavy atom. The van der Waals surface area contributed by atoms with Crippen LogP contribution in [-0.4, -0.2) is 5.16 Å². The molecule has 3 rings (SSSR count). The Balaban J connectivity index is 2.23. The minimum atomic E-state index is 0.764. The van der Waals surface area contributed by atoms with Crippen molar-refractivity contribution in [1.82, 2.24) is 5.16 Å². The van der Waals surface area contributed by atoms with Crippen molar-refractivity contribution in [3.8, 4) is 11.3 Å². The lowest BCUT2D eigenvalue weighted by molar-refractivity contribution is 0.427. The summed E-state index contributed by atoms with van der Waals surface area (Å²) < 4.78 is 5.34. The lowest BCUT2D eigenvalue weighted by atomic mass is 10.1. The first kappa shape index (κ1) is 8.24. The number of hydrogen-bond donors (Lipinski definition) is 0. The van der Waals surface area contributed by atoms with Crippen molar-refractivity contribution < 1.29 is 4.52 Å². The monoisotopic (exact) mass is 249 g/mol. The molecule has 2 aromatic rings. The topological polar surface area (TPSA) is 26.0 Å². The molecule has 2 nitrogen and oxygen atoms in total. The molecular formula is C11H8BrNO. The number of nitrogens with zero attached hydrogens (tertiary/aromatic N) is 1. The summed E-state index contributed by atoms with van der Waals surface area (Å²) in [5.41, 5.74) is 4.80. The van der Waals surface area contributed by atoms with E-state index in [2.05, 4.69) is 39.3 Å². The van der Waals surface area contributed by atoms with Gasteiger partial charge in [0.25, 0.3) is 0 Å². The van der Waals surface area contributed by atoms with Gasteiger partial charge in [-0.15, -0.1) is 0 Å². The molecule has 0 saturated heterocycles. The number of halogens is 1. The van der Waals surface area contributed by atoms with Crippen LogP contribution in [0.15, 0.2) is 28.8 Å². The van der Waals surface area contributed by atoms with Gasteiger partial charge < -0.3 is 4.52 Å². The third kappa shape index (κ3) is 0.989. The van der Waals surface area contributed by atoms with Gasteiger partial charge in [-0.05, 0) is 5.56 Å². The van der Waals surface area contributed by atoms with E-state index in [4.69, 9.17) is 4.52 Å². The zero-order valence-corrected chi connectivity index (χ0v) is 9.04. The summed E-state index contributed by atoms with van der Waals surface area (Å²) in [5.74, 6) is 0.954. The second-order valence-corrected chi connectivity index (χ2v) is 3.97. The molecule has 0 N–H and O–H groups in total. The minimum absolute atomic E-state index is 0.764. The van der Waals surface area contributed by atoms with Gasteiger partial charge in [0, 0.05) is 22.9 Å². The van der Waals surface area contributed by atoms with E-state index in [0.717, 1.165) is 23.2 Å². The van der Waals surface area contributed by atoms with E-state index >= 15 is 0 Å². The number of fused-ring (bicyclic) bond motifs is 3. The maximum atomic E-state index is 5.34. The Labute approximate surface area is 90.0 Å². The van der Waals surface area contributed by atoms with Crippen molar-refractivity contribution >= 4 is 15.9 Å². The molecule has 1 aromatic carbocycles. The lowest BCUT2D eigenvalue weighted by Crippen LogP contribution is -1.85. The van der Waals surface area contributed by atoms with Crippen LogP contribution in [0, 0.1) is 0 Å². The fourth-order valence-corrected chi connectivity index (χ4v) is 2.37. The average Bonchev–Trinajstić information content (AvgIpc) is 2.75. The number of alkyl halides is 1. The van der Waals surface area contributed by atoms with Gasteiger partial charge in [0.2, 0.25) is 0 Å². The fourth-order valence-electron chi connectivity index (χ4n) is 1.93. The highest BCUT2D eigenvalue weighted by molar-refractivity contribution is 9.08. The molecule has 0 amide bonds. The van der Waals surface area contributed by atoms with E-state index in [1.165, 1.54) is 16.7 Å². The fraction of sp³-hybridized carbons (Fsp3) is 0.182. The molecule has 0 atom stereocenters. The van der Waals surface area contributed by atoms with Crippen molar-refractivity contribution in [2.75, 3.05) is 0 Å². The summed E-state index contributed by atoms with van der Waals surface area (Å²) >= 11 is 3.41. The van der Waals surface area contributed by atoms with Crippen LogP contribution < -0.4 is 0 Å². The van der Waals surface area contributed by atoms with Gasteiger partial charge in [-0.2, -0.15) is 0 Å². The van der Waals surface area contributed by atoms with Crippen LogP contribution in [0.25, 0.3) is 11.3 Å². The van der Waals surface area contributed by atoms with E-state index in [9.17, 15) is 0 Å². The molecular weight excluding hydrogens is 242 g/mol. The maximum absolute atomic E-state index is 5.34. The summed E-state index contributed by atoms with van der Waals surface area (Å²) in [6.45, 7) is 0. The van der Waals surface area contributed by atoms with Crippen LogP contribution in [-0.2, 0) is 11.8 Å². The summed E-state index contributed by atoms with van der Waals surface area (Å²) in [5, 5.41) is 4.80. The second-order valence-electron chi connectivity index (χ2n) is 3.40. The number of benzene rings is 1. The molecule has 14 heavy (non-hydrogen) atoms. The highest BCUT2D eigenvalue weighted by Crippen LogP contribution is 2.38. The summed E-state index contributed by atoms with van der Waals surface area (Å²) in [6.07, 6.45) is 0.954. The van der Waals surface area contributed by atoms with E-state index in [-0.39, 0.29) is 0 Å². The van der Waals surface area contributed by atoms with Gasteiger partial charge in [0.1, 0.15) is 0 Å². The molecule has 1 aliphatic carbocycles. The molecule has 0 saturated carbocycles. The molecule has 70 valence electrons. The molecule has 0 radical (unpaired) electrons. The third-order valence-electron chi connectivity index (χ3n) is 2.63. The number of rotatable bonds is 1. The molecule has 0 aliphatic heterocycles. The van der Waals surface area contributed by atoms with Crippen LogP contribution in [0.3, 0.4) is 0 Å². The van der Waals surface area contributed by atoms with E-state index in [1.54, 1.807) is 0 Å². The van der Waals surface area contributed by atoms with Gasteiger partial charge in [-0.25, -0.2) is 0 Å². The molecule has 0 unspecified atom stereocenters. The van der Waals surface area contributed by atoms with Crippen molar-refractivity contribution in [2.24, 2.45) is 0 Å². The van der Waals surface area contributed by atoms with Crippen molar-refractivity contribution in [3.05, 3.63) is 41.1 Å². The van der Waals surface area contributed by atoms with Crippen molar-refractivity contribution in [2.45, 2.75) is 11.8 Å². The summed E-state index contributed by atoms with van der Waals surface area (Å²) in [4.78, 5) is 0. The van der Waals surface area contributed by atoms with Crippen LogP contribution in [0.1, 0.15) is 16.8 Å². The lowest BCUT2D eigenvalue weighted by Gasteiger charge is -1.95. The van der Waals surface area contributed by atoms with Gasteiger partial charge in [0.15, 0.2) is 5.76 Å². The van der Waals surface area contributed by atoms with Crippen LogP contribution in [0.4, 0.5) is 0 Å². The predicted molar refractivity (Wildman–Crippen MR) is 57.4 cm³/mol. The van der Waals surface area contributed by atoms with Gasteiger partial charge in [0.05, 0.1) is 5.69 Å². The molecule has 1 heterocycles. The maximum Gasteiger partial charge on any atom is 0.170 e. The van der Waals surface area contributed by atoms with Gasteiger partial charge in [-0.1, -0.05) is 45.4 Å². The quantitative estimate of drug-likeness (QED) is 0.620. The first-order valence-electron chi connectivity index (χ1n) is 4.52. The Kier molecular flexibility index (Phi) is 1.74. The highest BCUT2D eigenvalue weighted by Gasteiger charge is 2.25. The van der Waals surface area contributed by atoms with E-state index in [1.807, 2.05) is 6.07 Å². The van der Waals surface area contributed by atoms with E-state index < -0.39 is 0 Å². The zero-order chi connectivity index (χ0) is 9.54. The Hall–Kier alpha value is -1.09. The van der Waals surface area contributed by atoms with Gasteiger partial charge in [-0.3, -0.25) is 0 Å². The molecule has 1 aromatic heterocycles. The van der Waals surface area contributed by atoms with Gasteiger partial charge >= 0.3 is 0 Å². The highest BCUT2D eigenvalue weighted by atomic mass is 79.9. The second kappa shape index (κ2) is 2.95. The number of aromatic nitrogens is 1. The predicted octanol–water partition coefficient (Wildman–Crippen LogP) is 3.14. The van der Waals surface area contributed by atoms with Crippen molar-refractivity contribution in [1.29, 1.82) is 0 Å². The van der Waals surface area contributed by atoms with Crippen LogP contribution >= 0.6 is 15.9 Å². The Morgan fingerprint density at radius 2 is 2.21 bits per heavy atom. The summed E-state index contributed by atoms with van der Waals surface area (Å²) in [6, 6.07) is 8.32. The molecule has 0 spiro atoms. The zero-order valence-electron chi connectivity index (χ0n) is 7.46. The standard InChI is InChI=1S/C11H8BrNO/c12-6-10-9-5-7-3-1-2-4-8(7)11(9)14-13-10/h1-4H,5-6H2. The van der Waals surface area contributed by atoms with E-state index in [0.29, 0.717) is 0 Å². The molecule has 0 fully saturated rings. The molecule has 3 heteroatoms. The van der Waals surface area contributed by atoms with Crippen LogP contribution in [0.5, 0.6) is 0 Å².